The van der Waals surface area contributed by atoms with E-state index in [1.54, 1.807) is 13.8 Å². The molecule has 0 saturated carbocycles. The molecule has 0 aromatic carbocycles. The van der Waals surface area contributed by atoms with Gasteiger partial charge in [0, 0.05) is 6.61 Å². The summed E-state index contributed by atoms with van der Waals surface area (Å²) in [6.45, 7) is 13.8. The Bertz CT molecular complexity index is 462. The van der Waals surface area contributed by atoms with Gasteiger partial charge in [-0.15, -0.1) is 0 Å². The Morgan fingerprint density at radius 1 is 1.20 bits per heavy atom. The summed E-state index contributed by atoms with van der Waals surface area (Å²) < 4.78 is 23.7. The molecule has 0 spiro atoms. The van der Waals surface area contributed by atoms with Crippen molar-refractivity contribution in [2.45, 2.75) is 102 Å². The SMILES string of the molecule is CC1(C)O[C@H]2O[C@H]([C@@H](O[Si](C)(C)C(C)(C)C)[C@@H](O)CCO)[C@H](O)[C@H]2O1. The molecule has 0 radical (unpaired) electrons. The van der Waals surface area contributed by atoms with E-state index in [0.29, 0.717) is 0 Å². The van der Waals surface area contributed by atoms with Crippen LogP contribution in [-0.2, 0) is 18.6 Å². The fourth-order valence-electron chi connectivity index (χ4n) is 2.97. The molecule has 25 heavy (non-hydrogen) atoms. The van der Waals surface area contributed by atoms with Crippen LogP contribution >= 0.6 is 0 Å². The topological polar surface area (TPSA) is 97.6 Å². The van der Waals surface area contributed by atoms with Gasteiger partial charge in [-0.1, -0.05) is 20.8 Å². The van der Waals surface area contributed by atoms with Gasteiger partial charge in [-0.05, 0) is 38.4 Å². The normalized spacial score (nSPS) is 34.8. The molecule has 0 unspecified atom stereocenters. The van der Waals surface area contributed by atoms with Crippen LogP contribution in [0.25, 0.3) is 0 Å². The second-order valence-electron chi connectivity index (χ2n) is 8.98. The fraction of sp³-hybridized carbons (Fsp3) is 1.00. The average molecular weight is 379 g/mol. The minimum absolute atomic E-state index is 0.0708. The van der Waals surface area contributed by atoms with E-state index in [2.05, 4.69) is 33.9 Å². The molecule has 6 atom stereocenters. The summed E-state index contributed by atoms with van der Waals surface area (Å²) in [4.78, 5) is 0. The predicted molar refractivity (Wildman–Crippen MR) is 94.5 cm³/mol. The van der Waals surface area contributed by atoms with Gasteiger partial charge in [0.2, 0.25) is 0 Å². The predicted octanol–water partition coefficient (Wildman–Crippen LogP) is 1.36. The first-order chi connectivity index (χ1) is 11.3. The van der Waals surface area contributed by atoms with Crippen molar-refractivity contribution in [1.29, 1.82) is 0 Å². The van der Waals surface area contributed by atoms with E-state index in [9.17, 15) is 15.3 Å². The van der Waals surface area contributed by atoms with Gasteiger partial charge in [0.05, 0.1) is 12.2 Å². The first kappa shape index (κ1) is 21.2. The van der Waals surface area contributed by atoms with Crippen LogP contribution in [0.15, 0.2) is 0 Å². The van der Waals surface area contributed by atoms with Gasteiger partial charge < -0.3 is 34.0 Å². The molecule has 148 valence electrons. The van der Waals surface area contributed by atoms with E-state index in [4.69, 9.17) is 18.6 Å². The van der Waals surface area contributed by atoms with Crippen LogP contribution in [0.3, 0.4) is 0 Å². The molecule has 0 amide bonds. The van der Waals surface area contributed by atoms with Crippen molar-refractivity contribution < 1.29 is 34.0 Å². The zero-order valence-electron chi connectivity index (χ0n) is 16.4. The summed E-state index contributed by atoms with van der Waals surface area (Å²) in [7, 11) is -2.24. The van der Waals surface area contributed by atoms with E-state index < -0.39 is 50.9 Å². The first-order valence-corrected chi connectivity index (χ1v) is 11.9. The number of fused-ring (bicyclic) bond motifs is 1. The maximum Gasteiger partial charge on any atom is 0.192 e. The average Bonchev–Trinajstić information content (AvgIpc) is 2.89. The molecule has 2 saturated heterocycles. The summed E-state index contributed by atoms with van der Waals surface area (Å²) in [6.07, 6.45) is -4.63. The Kier molecular flexibility index (Phi) is 6.08. The Hall–Kier alpha value is -0.0631. The molecule has 3 N–H and O–H groups in total. The van der Waals surface area contributed by atoms with Gasteiger partial charge in [0.1, 0.15) is 18.3 Å². The summed E-state index contributed by atoms with van der Waals surface area (Å²) in [5.74, 6) is -0.819. The quantitative estimate of drug-likeness (QED) is 0.600. The standard InChI is InChI=1S/C17H34O7Si/c1-16(2,3)25(6,7)24-12(10(19)8-9-18)13-11(20)14-15(21-13)23-17(4,5)22-14/h10-15,18-20H,8-9H2,1-7H3/t10-,11-,12-,13-,14+,15+/m0/s1. The number of ether oxygens (including phenoxy) is 3. The number of aliphatic hydroxyl groups is 3. The number of hydrogen-bond donors (Lipinski definition) is 3. The molecule has 0 aromatic rings. The highest BCUT2D eigenvalue weighted by atomic mass is 28.4. The maximum atomic E-state index is 10.7. The van der Waals surface area contributed by atoms with Crippen molar-refractivity contribution in [3.05, 3.63) is 0 Å². The van der Waals surface area contributed by atoms with Crippen LogP contribution in [0, 0.1) is 0 Å². The molecule has 7 nitrogen and oxygen atoms in total. The summed E-state index contributed by atoms with van der Waals surface area (Å²) in [6, 6.07) is 0. The van der Waals surface area contributed by atoms with Crippen molar-refractivity contribution in [2.75, 3.05) is 6.61 Å². The molecule has 2 aliphatic rings. The Labute approximate surface area is 151 Å². The van der Waals surface area contributed by atoms with Gasteiger partial charge >= 0.3 is 0 Å². The third-order valence-electron chi connectivity index (χ3n) is 5.42. The molecule has 2 aliphatic heterocycles. The Morgan fingerprint density at radius 3 is 2.28 bits per heavy atom. The summed E-state index contributed by atoms with van der Waals surface area (Å²) >= 11 is 0. The Balaban J connectivity index is 2.20. The number of rotatable bonds is 6. The Morgan fingerprint density at radius 2 is 1.80 bits per heavy atom. The monoisotopic (exact) mass is 378 g/mol. The van der Waals surface area contributed by atoms with Crippen molar-refractivity contribution >= 4 is 8.32 Å². The smallest absolute Gasteiger partial charge is 0.192 e. The summed E-state index contributed by atoms with van der Waals surface area (Å²) in [5.41, 5.74) is 0. The van der Waals surface area contributed by atoms with E-state index in [1.165, 1.54) is 0 Å². The third kappa shape index (κ3) is 4.44. The van der Waals surface area contributed by atoms with Gasteiger partial charge in [-0.25, -0.2) is 0 Å². The highest BCUT2D eigenvalue weighted by molar-refractivity contribution is 6.74. The molecular weight excluding hydrogens is 344 g/mol. The van der Waals surface area contributed by atoms with Gasteiger partial charge in [0.25, 0.3) is 0 Å². The van der Waals surface area contributed by atoms with Crippen molar-refractivity contribution in [3.63, 3.8) is 0 Å². The number of aliphatic hydroxyl groups excluding tert-OH is 3. The van der Waals surface area contributed by atoms with Crippen LogP contribution in [0.2, 0.25) is 18.1 Å². The lowest BCUT2D eigenvalue weighted by Crippen LogP contribution is -2.54. The second-order valence-corrected chi connectivity index (χ2v) is 13.7. The van der Waals surface area contributed by atoms with Crippen molar-refractivity contribution in [1.82, 2.24) is 0 Å². The van der Waals surface area contributed by atoms with E-state index in [0.717, 1.165) is 0 Å². The minimum Gasteiger partial charge on any atom is -0.409 e. The van der Waals surface area contributed by atoms with Crippen LogP contribution in [0.1, 0.15) is 41.0 Å². The molecule has 0 aromatic heterocycles. The largest absolute Gasteiger partial charge is 0.409 e. The lowest BCUT2D eigenvalue weighted by molar-refractivity contribution is -0.230. The van der Waals surface area contributed by atoms with E-state index >= 15 is 0 Å². The van der Waals surface area contributed by atoms with Crippen LogP contribution < -0.4 is 0 Å². The van der Waals surface area contributed by atoms with E-state index in [-0.39, 0.29) is 18.1 Å². The van der Waals surface area contributed by atoms with Gasteiger partial charge in [-0.2, -0.15) is 0 Å². The number of hydrogen-bond acceptors (Lipinski definition) is 7. The van der Waals surface area contributed by atoms with Crippen molar-refractivity contribution in [2.24, 2.45) is 0 Å². The molecule has 0 aliphatic carbocycles. The highest BCUT2D eigenvalue weighted by Crippen LogP contribution is 2.42. The van der Waals surface area contributed by atoms with Crippen LogP contribution in [0.5, 0.6) is 0 Å². The fourth-order valence-corrected chi connectivity index (χ4v) is 4.29. The van der Waals surface area contributed by atoms with Crippen LogP contribution in [-0.4, -0.2) is 72.8 Å². The molecule has 2 heterocycles. The second kappa shape index (κ2) is 7.16. The minimum atomic E-state index is -2.24. The van der Waals surface area contributed by atoms with Crippen LogP contribution in [0.4, 0.5) is 0 Å². The molecular formula is C17H34O7Si. The summed E-state index contributed by atoms with van der Waals surface area (Å²) in [5, 5.41) is 30.4. The first-order valence-electron chi connectivity index (χ1n) is 8.95. The lowest BCUT2D eigenvalue weighted by atomic mass is 10.00. The molecule has 2 rings (SSSR count). The zero-order chi connectivity index (χ0) is 19.2. The van der Waals surface area contributed by atoms with E-state index in [1.807, 2.05) is 0 Å². The van der Waals surface area contributed by atoms with Gasteiger partial charge in [-0.3, -0.25) is 0 Å². The molecule has 8 heteroatoms. The highest BCUT2D eigenvalue weighted by Gasteiger charge is 2.58. The van der Waals surface area contributed by atoms with Crippen molar-refractivity contribution in [3.8, 4) is 0 Å². The molecule has 0 bridgehead atoms. The zero-order valence-corrected chi connectivity index (χ0v) is 17.4. The maximum absolute atomic E-state index is 10.7. The van der Waals surface area contributed by atoms with Gasteiger partial charge in [0.15, 0.2) is 20.4 Å². The molecule has 2 fully saturated rings. The lowest BCUT2D eigenvalue weighted by Gasteiger charge is -2.42. The third-order valence-corrected chi connectivity index (χ3v) is 9.89.